The number of rotatable bonds is 4. The number of amidine groups is 1. The molecule has 6 heteroatoms. The minimum absolute atomic E-state index is 0.106. The number of hydrogen-bond acceptors (Lipinski definition) is 4. The lowest BCUT2D eigenvalue weighted by molar-refractivity contribution is 0.0527. The van der Waals surface area contributed by atoms with Crippen molar-refractivity contribution in [2.45, 2.75) is 25.9 Å². The number of oxime groups is 1. The second kappa shape index (κ2) is 6.95. The third kappa shape index (κ3) is 3.43. The molecule has 1 unspecified atom stereocenters. The van der Waals surface area contributed by atoms with Crippen LogP contribution in [-0.2, 0) is 4.74 Å². The molecule has 0 aliphatic carbocycles. The Hall–Kier alpha value is -1.27. The molecule has 2 rings (SSSR count). The molecule has 1 heterocycles. The number of anilines is 1. The van der Waals surface area contributed by atoms with Crippen molar-refractivity contribution in [1.29, 1.82) is 0 Å². The fourth-order valence-electron chi connectivity index (χ4n) is 2.51. The molecule has 110 valence electrons. The van der Waals surface area contributed by atoms with Crippen LogP contribution in [0.4, 0.5) is 5.69 Å². The fourth-order valence-corrected chi connectivity index (χ4v) is 3.08. The number of halogens is 1. The van der Waals surface area contributed by atoms with Crippen molar-refractivity contribution in [2.24, 2.45) is 10.9 Å². The van der Waals surface area contributed by atoms with Gasteiger partial charge in [-0.05, 0) is 53.9 Å². The van der Waals surface area contributed by atoms with Crippen molar-refractivity contribution in [2.75, 3.05) is 24.6 Å². The standard InChI is InChI=1S/C14H20BrN3O2/c1-2-20-11-4-3-7-18(9-11)10-5-6-12(13(15)8-10)14(16)17-19/h5-6,8,11,19H,2-4,7,9H2,1H3,(H2,16,17). The molecule has 5 nitrogen and oxygen atoms in total. The molecule has 3 N–H and O–H groups in total. The Morgan fingerprint density at radius 1 is 1.60 bits per heavy atom. The zero-order valence-corrected chi connectivity index (χ0v) is 13.1. The highest BCUT2D eigenvalue weighted by molar-refractivity contribution is 9.10. The number of hydrogen-bond donors (Lipinski definition) is 2. The molecule has 1 aromatic carbocycles. The van der Waals surface area contributed by atoms with E-state index in [1.807, 2.05) is 25.1 Å². The van der Waals surface area contributed by atoms with E-state index in [0.29, 0.717) is 11.7 Å². The molecule has 1 aliphatic heterocycles. The van der Waals surface area contributed by atoms with Gasteiger partial charge in [0.15, 0.2) is 5.84 Å². The second-order valence-electron chi connectivity index (χ2n) is 4.81. The van der Waals surface area contributed by atoms with Crippen LogP contribution in [0.15, 0.2) is 27.8 Å². The fraction of sp³-hybridized carbons (Fsp3) is 0.500. The van der Waals surface area contributed by atoms with Crippen LogP contribution >= 0.6 is 15.9 Å². The van der Waals surface area contributed by atoms with Crippen LogP contribution in [0, 0.1) is 0 Å². The van der Waals surface area contributed by atoms with Gasteiger partial charge >= 0.3 is 0 Å². The van der Waals surface area contributed by atoms with Crippen LogP contribution in [0.1, 0.15) is 25.3 Å². The van der Waals surface area contributed by atoms with Gasteiger partial charge in [-0.15, -0.1) is 0 Å². The van der Waals surface area contributed by atoms with E-state index < -0.39 is 0 Å². The summed E-state index contributed by atoms with van der Waals surface area (Å²) >= 11 is 3.47. The molecule has 0 aromatic heterocycles. The van der Waals surface area contributed by atoms with Crippen molar-refractivity contribution in [3.63, 3.8) is 0 Å². The van der Waals surface area contributed by atoms with Gasteiger partial charge in [0.05, 0.1) is 6.10 Å². The normalized spacial score (nSPS) is 20.2. The summed E-state index contributed by atoms with van der Waals surface area (Å²) in [6, 6.07) is 5.85. The van der Waals surface area contributed by atoms with Gasteiger partial charge in [-0.3, -0.25) is 0 Å². The lowest BCUT2D eigenvalue weighted by Gasteiger charge is -2.34. The number of benzene rings is 1. The Labute approximate surface area is 127 Å². The van der Waals surface area contributed by atoms with Crippen molar-refractivity contribution in [3.05, 3.63) is 28.2 Å². The van der Waals surface area contributed by atoms with E-state index >= 15 is 0 Å². The molecule has 0 spiro atoms. The van der Waals surface area contributed by atoms with E-state index in [1.165, 1.54) is 0 Å². The summed E-state index contributed by atoms with van der Waals surface area (Å²) in [6.07, 6.45) is 2.55. The first kappa shape index (κ1) is 15.1. The van der Waals surface area contributed by atoms with Crippen molar-refractivity contribution in [3.8, 4) is 0 Å². The summed E-state index contributed by atoms with van der Waals surface area (Å²) in [5.41, 5.74) is 7.43. The minimum Gasteiger partial charge on any atom is -0.409 e. The molecule has 20 heavy (non-hydrogen) atoms. The number of nitrogens with zero attached hydrogens (tertiary/aromatic N) is 2. The molecule has 0 radical (unpaired) electrons. The number of ether oxygens (including phenoxy) is 1. The van der Waals surface area contributed by atoms with Crippen molar-refractivity contribution in [1.82, 2.24) is 0 Å². The molecule has 0 saturated carbocycles. The molecule has 1 atom stereocenters. The molecular formula is C14H20BrN3O2. The summed E-state index contributed by atoms with van der Waals surface area (Å²) in [4.78, 5) is 2.31. The average molecular weight is 342 g/mol. The summed E-state index contributed by atoms with van der Waals surface area (Å²) in [6.45, 7) is 4.72. The SMILES string of the molecule is CCOC1CCCN(c2ccc(/C(N)=N/O)c(Br)c2)C1. The smallest absolute Gasteiger partial charge is 0.171 e. The molecule has 1 fully saturated rings. The van der Waals surface area contributed by atoms with Crippen molar-refractivity contribution < 1.29 is 9.94 Å². The Morgan fingerprint density at radius 3 is 3.05 bits per heavy atom. The highest BCUT2D eigenvalue weighted by Crippen LogP contribution is 2.27. The lowest BCUT2D eigenvalue weighted by Crippen LogP contribution is -2.39. The van der Waals surface area contributed by atoms with Crippen LogP contribution in [0.5, 0.6) is 0 Å². The molecular weight excluding hydrogens is 322 g/mol. The largest absolute Gasteiger partial charge is 0.409 e. The zero-order chi connectivity index (χ0) is 14.5. The maximum atomic E-state index is 8.74. The maximum Gasteiger partial charge on any atom is 0.171 e. The molecule has 1 aromatic rings. The highest BCUT2D eigenvalue weighted by Gasteiger charge is 2.21. The highest BCUT2D eigenvalue weighted by atomic mass is 79.9. The average Bonchev–Trinajstić information content (AvgIpc) is 2.47. The molecule has 0 bridgehead atoms. The van der Waals surface area contributed by atoms with E-state index in [2.05, 4.69) is 26.0 Å². The van der Waals surface area contributed by atoms with E-state index in [9.17, 15) is 0 Å². The summed E-state index contributed by atoms with van der Waals surface area (Å²) in [5.74, 6) is 0.106. The zero-order valence-electron chi connectivity index (χ0n) is 11.6. The van der Waals surface area contributed by atoms with E-state index in [1.54, 1.807) is 0 Å². The third-order valence-corrected chi connectivity index (χ3v) is 4.14. The maximum absolute atomic E-state index is 8.74. The first-order chi connectivity index (χ1) is 9.65. The predicted octanol–water partition coefficient (Wildman–Crippen LogP) is 2.55. The quantitative estimate of drug-likeness (QED) is 0.382. The van der Waals surface area contributed by atoms with Crippen LogP contribution in [-0.4, -0.2) is 36.8 Å². The molecule has 1 saturated heterocycles. The van der Waals surface area contributed by atoms with Crippen molar-refractivity contribution >= 4 is 27.5 Å². The minimum atomic E-state index is 0.106. The van der Waals surface area contributed by atoms with Gasteiger partial charge in [0.25, 0.3) is 0 Å². The first-order valence-electron chi connectivity index (χ1n) is 6.79. The van der Waals surface area contributed by atoms with E-state index in [0.717, 1.165) is 42.7 Å². The van der Waals surface area contributed by atoms with Gasteiger partial charge < -0.3 is 20.6 Å². The Kier molecular flexibility index (Phi) is 5.25. The number of piperidine rings is 1. The summed E-state index contributed by atoms with van der Waals surface area (Å²) in [5, 5.41) is 11.8. The van der Waals surface area contributed by atoms with E-state index in [-0.39, 0.29) is 5.84 Å². The van der Waals surface area contributed by atoms with Gasteiger partial charge in [0, 0.05) is 35.4 Å². The Bertz CT molecular complexity index is 491. The number of nitrogens with two attached hydrogens (primary N) is 1. The second-order valence-corrected chi connectivity index (χ2v) is 5.67. The van der Waals surface area contributed by atoms with Crippen LogP contribution in [0.2, 0.25) is 0 Å². The summed E-state index contributed by atoms with van der Waals surface area (Å²) < 4.78 is 6.54. The van der Waals surface area contributed by atoms with Gasteiger partial charge in [0.2, 0.25) is 0 Å². The van der Waals surface area contributed by atoms with Gasteiger partial charge in [-0.2, -0.15) is 0 Å². The van der Waals surface area contributed by atoms with Gasteiger partial charge in [-0.1, -0.05) is 5.16 Å². The first-order valence-corrected chi connectivity index (χ1v) is 7.59. The topological polar surface area (TPSA) is 71.1 Å². The Morgan fingerprint density at radius 2 is 2.40 bits per heavy atom. The van der Waals surface area contributed by atoms with E-state index in [4.69, 9.17) is 15.7 Å². The van der Waals surface area contributed by atoms with Crippen LogP contribution in [0.3, 0.4) is 0 Å². The summed E-state index contributed by atoms with van der Waals surface area (Å²) in [7, 11) is 0. The van der Waals surface area contributed by atoms with Gasteiger partial charge in [0.1, 0.15) is 0 Å². The van der Waals surface area contributed by atoms with Gasteiger partial charge in [-0.25, -0.2) is 0 Å². The van der Waals surface area contributed by atoms with Crippen LogP contribution in [0.25, 0.3) is 0 Å². The lowest BCUT2D eigenvalue weighted by atomic mass is 10.1. The predicted molar refractivity (Wildman–Crippen MR) is 83.5 cm³/mol. The Balaban J connectivity index is 2.15. The third-order valence-electron chi connectivity index (χ3n) is 3.48. The molecule has 1 aliphatic rings. The molecule has 0 amide bonds. The van der Waals surface area contributed by atoms with Crippen LogP contribution < -0.4 is 10.6 Å². The monoisotopic (exact) mass is 341 g/mol.